The highest BCUT2D eigenvalue weighted by Crippen LogP contribution is 2.23. The summed E-state index contributed by atoms with van der Waals surface area (Å²) in [5.74, 6) is 0.340. The van der Waals surface area contributed by atoms with Crippen LogP contribution in [0.5, 0.6) is 5.88 Å². The molecule has 1 amide bonds. The number of halogens is 2. The van der Waals surface area contributed by atoms with Crippen molar-refractivity contribution in [2.45, 2.75) is 38.3 Å². The van der Waals surface area contributed by atoms with Gasteiger partial charge in [0.15, 0.2) is 0 Å². The number of nitrogens with one attached hydrogen (secondary N) is 1. The summed E-state index contributed by atoms with van der Waals surface area (Å²) in [6.45, 7) is 0.366. The minimum Gasteiger partial charge on any atom is -0.474 e. The van der Waals surface area contributed by atoms with Crippen molar-refractivity contribution in [2.75, 3.05) is 0 Å². The molecule has 3 rings (SSSR count). The van der Waals surface area contributed by atoms with Crippen LogP contribution in [0, 0.1) is 0 Å². The lowest BCUT2D eigenvalue weighted by molar-refractivity contribution is 0.0951. The summed E-state index contributed by atoms with van der Waals surface area (Å²) in [7, 11) is 0. The van der Waals surface area contributed by atoms with E-state index in [1.54, 1.807) is 24.4 Å². The summed E-state index contributed by atoms with van der Waals surface area (Å²) in [4.78, 5) is 16.5. The Labute approximate surface area is 151 Å². The summed E-state index contributed by atoms with van der Waals surface area (Å²) in [6.07, 6.45) is 6.53. The first-order valence-electron chi connectivity index (χ1n) is 7.96. The van der Waals surface area contributed by atoms with Gasteiger partial charge in [-0.25, -0.2) is 4.98 Å². The lowest BCUT2D eigenvalue weighted by Crippen LogP contribution is -2.23. The van der Waals surface area contributed by atoms with Crippen molar-refractivity contribution in [1.29, 1.82) is 0 Å². The Bertz CT molecular complexity index is 731. The van der Waals surface area contributed by atoms with Crippen LogP contribution in [0.15, 0.2) is 36.5 Å². The topological polar surface area (TPSA) is 51.2 Å². The molecule has 6 heteroatoms. The number of benzene rings is 1. The molecule has 1 aliphatic carbocycles. The number of rotatable bonds is 5. The Morgan fingerprint density at radius 2 is 2.00 bits per heavy atom. The molecule has 0 spiro atoms. The van der Waals surface area contributed by atoms with Gasteiger partial charge in [-0.2, -0.15) is 0 Å². The molecule has 1 aromatic carbocycles. The van der Waals surface area contributed by atoms with E-state index in [2.05, 4.69) is 10.3 Å². The Kier molecular flexibility index (Phi) is 5.59. The fourth-order valence-electron chi connectivity index (χ4n) is 2.75. The van der Waals surface area contributed by atoms with E-state index in [4.69, 9.17) is 27.9 Å². The van der Waals surface area contributed by atoms with Crippen molar-refractivity contribution >= 4 is 29.1 Å². The molecule has 0 aliphatic heterocycles. The zero-order valence-corrected chi connectivity index (χ0v) is 14.6. The highest BCUT2D eigenvalue weighted by atomic mass is 35.5. The zero-order chi connectivity index (χ0) is 16.9. The van der Waals surface area contributed by atoms with E-state index in [0.717, 1.165) is 18.4 Å². The number of nitrogens with zero attached hydrogens (tertiary/aromatic N) is 1. The quantitative estimate of drug-likeness (QED) is 0.840. The largest absolute Gasteiger partial charge is 0.474 e. The molecule has 0 saturated heterocycles. The van der Waals surface area contributed by atoms with Gasteiger partial charge in [0.1, 0.15) is 6.10 Å². The van der Waals surface area contributed by atoms with Gasteiger partial charge in [0.25, 0.3) is 5.91 Å². The second-order valence-corrected chi connectivity index (χ2v) is 6.68. The molecule has 1 saturated carbocycles. The third kappa shape index (κ3) is 4.40. The first-order chi connectivity index (χ1) is 11.6. The molecule has 1 aliphatic rings. The Hall–Kier alpha value is -1.78. The number of aromatic nitrogens is 1. The molecule has 0 radical (unpaired) electrons. The van der Waals surface area contributed by atoms with Gasteiger partial charge in [-0.3, -0.25) is 4.79 Å². The van der Waals surface area contributed by atoms with Crippen LogP contribution in [-0.2, 0) is 6.54 Å². The molecular weight excluding hydrogens is 347 g/mol. The minimum absolute atomic E-state index is 0.257. The van der Waals surface area contributed by atoms with E-state index in [9.17, 15) is 4.79 Å². The fraction of sp³-hybridized carbons (Fsp3) is 0.333. The van der Waals surface area contributed by atoms with E-state index in [1.807, 2.05) is 12.1 Å². The average molecular weight is 365 g/mol. The number of carbonyl (C=O) groups is 1. The van der Waals surface area contributed by atoms with E-state index in [1.165, 1.54) is 12.8 Å². The van der Waals surface area contributed by atoms with Crippen molar-refractivity contribution < 1.29 is 9.53 Å². The zero-order valence-electron chi connectivity index (χ0n) is 13.1. The van der Waals surface area contributed by atoms with Crippen LogP contribution in [0.4, 0.5) is 0 Å². The summed E-state index contributed by atoms with van der Waals surface area (Å²) >= 11 is 12.0. The summed E-state index contributed by atoms with van der Waals surface area (Å²) in [6, 6.07) is 8.52. The van der Waals surface area contributed by atoms with Crippen molar-refractivity contribution in [3.63, 3.8) is 0 Å². The minimum atomic E-state index is -0.266. The number of hydrogen-bond donors (Lipinski definition) is 1. The summed E-state index contributed by atoms with van der Waals surface area (Å²) in [5, 5.41) is 3.68. The Morgan fingerprint density at radius 3 is 2.79 bits per heavy atom. The molecular formula is C18H18Cl2N2O2. The third-order valence-electron chi connectivity index (χ3n) is 4.01. The fourth-order valence-corrected chi connectivity index (χ4v) is 3.13. The third-order valence-corrected chi connectivity index (χ3v) is 4.58. The molecule has 0 atom stereocenters. The van der Waals surface area contributed by atoms with Crippen LogP contribution in [0.2, 0.25) is 10.0 Å². The van der Waals surface area contributed by atoms with Crippen molar-refractivity contribution in [3.05, 3.63) is 57.7 Å². The molecule has 1 aromatic heterocycles. The Balaban J connectivity index is 1.61. The number of amides is 1. The molecule has 1 fully saturated rings. The molecule has 24 heavy (non-hydrogen) atoms. The van der Waals surface area contributed by atoms with Gasteiger partial charge in [-0.05, 0) is 55.5 Å². The highest BCUT2D eigenvalue weighted by molar-refractivity contribution is 6.35. The van der Waals surface area contributed by atoms with Crippen LogP contribution >= 0.6 is 23.2 Å². The first-order valence-corrected chi connectivity index (χ1v) is 8.72. The molecule has 1 N–H and O–H groups in total. The van der Waals surface area contributed by atoms with Crippen LogP contribution < -0.4 is 10.1 Å². The molecule has 0 bridgehead atoms. The van der Waals surface area contributed by atoms with Gasteiger partial charge in [-0.1, -0.05) is 23.2 Å². The van der Waals surface area contributed by atoms with Crippen LogP contribution in [-0.4, -0.2) is 17.0 Å². The van der Waals surface area contributed by atoms with Gasteiger partial charge in [0.05, 0.1) is 10.6 Å². The number of ether oxygens (including phenoxy) is 1. The average Bonchev–Trinajstić information content (AvgIpc) is 3.08. The second-order valence-electron chi connectivity index (χ2n) is 5.83. The van der Waals surface area contributed by atoms with Crippen LogP contribution in [0.3, 0.4) is 0 Å². The highest BCUT2D eigenvalue weighted by Gasteiger charge is 2.17. The predicted molar refractivity (Wildman–Crippen MR) is 94.8 cm³/mol. The lowest BCUT2D eigenvalue weighted by Gasteiger charge is -2.13. The maximum absolute atomic E-state index is 12.3. The monoisotopic (exact) mass is 364 g/mol. The standard InChI is InChI=1S/C18H18Cl2N2O2/c19-13-5-6-16(20)15(10-13)18(23)22-11-12-7-8-21-17(9-12)24-14-3-1-2-4-14/h5-10,14H,1-4,11H2,(H,22,23). The molecule has 4 nitrogen and oxygen atoms in total. The number of hydrogen-bond acceptors (Lipinski definition) is 3. The van der Waals surface area contributed by atoms with Gasteiger partial charge >= 0.3 is 0 Å². The van der Waals surface area contributed by atoms with Gasteiger partial charge in [0, 0.05) is 23.8 Å². The van der Waals surface area contributed by atoms with Crippen molar-refractivity contribution in [1.82, 2.24) is 10.3 Å². The summed E-state index contributed by atoms with van der Waals surface area (Å²) in [5.41, 5.74) is 1.28. The number of pyridine rings is 1. The van der Waals surface area contributed by atoms with E-state index in [-0.39, 0.29) is 12.0 Å². The first kappa shape index (κ1) is 17.1. The van der Waals surface area contributed by atoms with Crippen molar-refractivity contribution in [2.24, 2.45) is 0 Å². The maximum atomic E-state index is 12.3. The predicted octanol–water partition coefficient (Wildman–Crippen LogP) is 4.64. The van der Waals surface area contributed by atoms with Crippen LogP contribution in [0.1, 0.15) is 41.6 Å². The molecule has 2 aromatic rings. The van der Waals surface area contributed by atoms with Gasteiger partial charge < -0.3 is 10.1 Å². The number of carbonyl (C=O) groups excluding carboxylic acids is 1. The SMILES string of the molecule is O=C(NCc1ccnc(OC2CCCC2)c1)c1cc(Cl)ccc1Cl. The molecule has 126 valence electrons. The van der Waals surface area contributed by atoms with E-state index in [0.29, 0.717) is 28.0 Å². The second kappa shape index (κ2) is 7.86. The Morgan fingerprint density at radius 1 is 1.21 bits per heavy atom. The van der Waals surface area contributed by atoms with Gasteiger partial charge in [-0.15, -0.1) is 0 Å². The van der Waals surface area contributed by atoms with E-state index < -0.39 is 0 Å². The van der Waals surface area contributed by atoms with Crippen LogP contribution in [0.25, 0.3) is 0 Å². The van der Waals surface area contributed by atoms with Crippen molar-refractivity contribution in [3.8, 4) is 5.88 Å². The smallest absolute Gasteiger partial charge is 0.253 e. The molecule has 1 heterocycles. The summed E-state index contributed by atoms with van der Waals surface area (Å²) < 4.78 is 5.88. The maximum Gasteiger partial charge on any atom is 0.253 e. The van der Waals surface area contributed by atoms with Gasteiger partial charge in [0.2, 0.25) is 5.88 Å². The molecule has 0 unspecified atom stereocenters. The lowest BCUT2D eigenvalue weighted by atomic mass is 10.2. The normalized spacial score (nSPS) is 14.6. The van der Waals surface area contributed by atoms with E-state index >= 15 is 0 Å².